The molecule has 4 aromatic heterocycles. The van der Waals surface area contributed by atoms with Gasteiger partial charge in [0.15, 0.2) is 5.65 Å². The smallest absolute Gasteiger partial charge is 0.155 e. The van der Waals surface area contributed by atoms with Gasteiger partial charge in [-0.25, -0.2) is 4.98 Å². The number of thiophene rings is 1. The van der Waals surface area contributed by atoms with Crippen LogP contribution in [0, 0.1) is 10.5 Å². The molecule has 0 spiro atoms. The first-order chi connectivity index (χ1) is 18.6. The Kier molecular flexibility index (Phi) is 6.20. The molecule has 0 amide bonds. The van der Waals surface area contributed by atoms with E-state index in [0.29, 0.717) is 6.10 Å². The average molecular weight is 631 g/mol. The highest BCUT2D eigenvalue weighted by Gasteiger charge is 2.18. The second-order valence-electron chi connectivity index (χ2n) is 10.1. The Hall–Kier alpha value is -3.17. The Morgan fingerprint density at radius 2 is 1.84 bits per heavy atom. The predicted octanol–water partition coefficient (Wildman–Crippen LogP) is 9.13. The lowest BCUT2D eigenvalue weighted by Crippen LogP contribution is -2.19. The second-order valence-corrected chi connectivity index (χ2v) is 12.6. The zero-order chi connectivity index (χ0) is 25.6. The van der Waals surface area contributed by atoms with Crippen LogP contribution in [0.1, 0.15) is 37.0 Å². The Morgan fingerprint density at radius 1 is 0.947 bits per heavy atom. The topological polar surface area (TPSA) is 66.6 Å². The number of ether oxygens (including phenoxy) is 1. The molecule has 6 aromatic rings. The minimum absolute atomic E-state index is 0.320. The third-order valence-electron chi connectivity index (χ3n) is 7.40. The molecule has 2 N–H and O–H groups in total. The van der Waals surface area contributed by atoms with Crippen molar-refractivity contribution < 1.29 is 4.74 Å². The molecule has 1 fully saturated rings. The number of nitrogens with one attached hydrogen (secondary N) is 2. The number of benzene rings is 2. The van der Waals surface area contributed by atoms with Crippen LogP contribution in [0.25, 0.3) is 54.9 Å². The van der Waals surface area contributed by atoms with Crippen molar-refractivity contribution in [1.82, 2.24) is 20.2 Å². The maximum Gasteiger partial charge on any atom is 0.155 e. The number of aromatic nitrogens is 4. The molecule has 1 saturated carbocycles. The van der Waals surface area contributed by atoms with E-state index in [-0.39, 0.29) is 0 Å². The zero-order valence-corrected chi connectivity index (χ0v) is 24.0. The van der Waals surface area contributed by atoms with Gasteiger partial charge < -0.3 is 9.72 Å². The van der Waals surface area contributed by atoms with Gasteiger partial charge in [-0.1, -0.05) is 18.6 Å². The van der Waals surface area contributed by atoms with Crippen LogP contribution in [-0.4, -0.2) is 26.3 Å². The Labute approximate surface area is 238 Å². The van der Waals surface area contributed by atoms with Gasteiger partial charge in [-0.3, -0.25) is 5.10 Å². The van der Waals surface area contributed by atoms with Crippen LogP contribution in [0.4, 0.5) is 0 Å². The van der Waals surface area contributed by atoms with Gasteiger partial charge in [0, 0.05) is 46.9 Å². The predicted molar refractivity (Wildman–Crippen MR) is 165 cm³/mol. The summed E-state index contributed by atoms with van der Waals surface area (Å²) in [6.07, 6.45) is 8.36. The lowest BCUT2D eigenvalue weighted by Gasteiger charge is -2.23. The fraction of sp³-hybridized carbons (Fsp3) is 0.226. The quantitative estimate of drug-likeness (QED) is 0.187. The number of rotatable bonds is 5. The molecule has 7 rings (SSSR count). The van der Waals surface area contributed by atoms with Crippen LogP contribution < -0.4 is 4.74 Å². The largest absolute Gasteiger partial charge is 0.490 e. The van der Waals surface area contributed by atoms with Crippen molar-refractivity contribution in [1.29, 1.82) is 0 Å². The van der Waals surface area contributed by atoms with E-state index in [4.69, 9.17) is 9.72 Å². The van der Waals surface area contributed by atoms with Crippen molar-refractivity contribution >= 4 is 55.9 Å². The lowest BCUT2D eigenvalue weighted by atomic mass is 9.98. The highest BCUT2D eigenvalue weighted by Crippen LogP contribution is 2.37. The van der Waals surface area contributed by atoms with Crippen LogP contribution in [0.15, 0.2) is 66.9 Å². The van der Waals surface area contributed by atoms with Crippen LogP contribution in [0.3, 0.4) is 0 Å². The second kappa shape index (κ2) is 9.85. The molecule has 5 nitrogen and oxygen atoms in total. The van der Waals surface area contributed by atoms with Crippen LogP contribution in [-0.2, 0) is 0 Å². The summed E-state index contributed by atoms with van der Waals surface area (Å²) in [4.78, 5) is 10.9. The van der Waals surface area contributed by atoms with Gasteiger partial charge in [0.1, 0.15) is 11.4 Å². The first kappa shape index (κ1) is 23.9. The minimum Gasteiger partial charge on any atom is -0.490 e. The molecule has 2 aromatic carbocycles. The highest BCUT2D eigenvalue weighted by molar-refractivity contribution is 14.1. The summed E-state index contributed by atoms with van der Waals surface area (Å²) in [5, 5.41) is 10.0. The Bertz CT molecular complexity index is 1780. The molecule has 4 heterocycles. The van der Waals surface area contributed by atoms with Gasteiger partial charge in [0.2, 0.25) is 0 Å². The van der Waals surface area contributed by atoms with Crippen molar-refractivity contribution in [3.05, 3.63) is 75.3 Å². The van der Waals surface area contributed by atoms with E-state index in [0.717, 1.165) is 61.2 Å². The van der Waals surface area contributed by atoms with Crippen LogP contribution in [0.2, 0.25) is 0 Å². The van der Waals surface area contributed by atoms with Gasteiger partial charge in [-0.2, -0.15) is 5.10 Å². The molecule has 0 unspecified atom stereocenters. The van der Waals surface area contributed by atoms with Gasteiger partial charge in [-0.05, 0) is 109 Å². The summed E-state index contributed by atoms with van der Waals surface area (Å²) in [5.74, 6) is 0.943. The summed E-state index contributed by atoms with van der Waals surface area (Å²) >= 11 is 4.20. The molecule has 0 aliphatic heterocycles. The number of hydrogen-bond donors (Lipinski definition) is 2. The van der Waals surface area contributed by atoms with Crippen molar-refractivity contribution in [2.45, 2.75) is 45.1 Å². The third-order valence-corrected chi connectivity index (χ3v) is 9.06. The molecule has 38 heavy (non-hydrogen) atoms. The van der Waals surface area contributed by atoms with Gasteiger partial charge in [-0.15, -0.1) is 11.3 Å². The number of aromatic amines is 2. The highest BCUT2D eigenvalue weighted by atomic mass is 127. The average Bonchev–Trinajstić information content (AvgIpc) is 3.66. The zero-order valence-electron chi connectivity index (χ0n) is 21.1. The standard InChI is InChI=1S/C31H27IN4OS/c1-18-10-11-29(38-18)24-8-5-9-27-25(24)16-28(34-27)30-26-14-20(17-33-31(26)36-35-30)19-12-21(32)15-23(13-19)37-22-6-3-2-4-7-22/h5,8-17,22,34H,2-4,6-7H2,1H3,(H,33,35,36). The van der Waals surface area contributed by atoms with Crippen LogP contribution >= 0.6 is 33.9 Å². The number of pyridine rings is 1. The maximum atomic E-state index is 6.40. The van der Waals surface area contributed by atoms with Crippen molar-refractivity contribution in [3.63, 3.8) is 0 Å². The molecule has 7 heteroatoms. The Balaban J connectivity index is 1.27. The first-order valence-corrected chi connectivity index (χ1v) is 15.0. The fourth-order valence-electron chi connectivity index (χ4n) is 5.52. The van der Waals surface area contributed by atoms with E-state index in [1.807, 2.05) is 17.5 Å². The molecule has 0 bridgehead atoms. The minimum atomic E-state index is 0.320. The maximum absolute atomic E-state index is 6.40. The number of fused-ring (bicyclic) bond motifs is 2. The summed E-state index contributed by atoms with van der Waals surface area (Å²) in [6, 6.07) is 21.7. The SMILES string of the molecule is Cc1ccc(-c2cccc3[nH]c(-c4n[nH]c5ncc(-c6cc(I)cc(OC7CCCCC7)c6)cc45)cc23)s1. The monoisotopic (exact) mass is 630 g/mol. The van der Waals surface area contributed by atoms with Crippen molar-refractivity contribution in [2.24, 2.45) is 0 Å². The number of H-pyrrole nitrogens is 2. The summed E-state index contributed by atoms with van der Waals surface area (Å²) in [6.45, 7) is 2.15. The number of halogens is 1. The van der Waals surface area contributed by atoms with Crippen molar-refractivity contribution in [3.8, 4) is 38.7 Å². The number of nitrogens with zero attached hydrogens (tertiary/aromatic N) is 2. The van der Waals surface area contributed by atoms with E-state index < -0.39 is 0 Å². The van der Waals surface area contributed by atoms with E-state index in [9.17, 15) is 0 Å². The molecule has 0 radical (unpaired) electrons. The molecular formula is C31H27IN4OS. The number of aryl methyl sites for hydroxylation is 1. The third kappa shape index (κ3) is 4.52. The molecular weight excluding hydrogens is 603 g/mol. The first-order valence-electron chi connectivity index (χ1n) is 13.1. The van der Waals surface area contributed by atoms with Gasteiger partial charge in [0.25, 0.3) is 0 Å². The molecule has 1 aliphatic carbocycles. The fourth-order valence-corrected chi connectivity index (χ4v) is 7.07. The number of hydrogen-bond acceptors (Lipinski definition) is 4. The van der Waals surface area contributed by atoms with Gasteiger partial charge in [0.05, 0.1) is 11.8 Å². The summed E-state index contributed by atoms with van der Waals surface area (Å²) < 4.78 is 7.56. The molecule has 190 valence electrons. The molecule has 0 atom stereocenters. The lowest BCUT2D eigenvalue weighted by molar-refractivity contribution is 0.155. The van der Waals surface area contributed by atoms with E-state index >= 15 is 0 Å². The normalized spacial score (nSPS) is 14.5. The van der Waals surface area contributed by atoms with E-state index in [1.54, 1.807) is 0 Å². The van der Waals surface area contributed by atoms with Gasteiger partial charge >= 0.3 is 0 Å². The molecule has 0 saturated heterocycles. The molecule has 1 aliphatic rings. The summed E-state index contributed by atoms with van der Waals surface area (Å²) in [5.41, 5.74) is 7.14. The van der Waals surface area contributed by atoms with Crippen LogP contribution in [0.5, 0.6) is 5.75 Å². The Morgan fingerprint density at radius 3 is 2.68 bits per heavy atom. The summed E-state index contributed by atoms with van der Waals surface area (Å²) in [7, 11) is 0. The van der Waals surface area contributed by atoms with Crippen molar-refractivity contribution in [2.75, 3.05) is 0 Å². The van der Waals surface area contributed by atoms with E-state index in [1.165, 1.54) is 40.0 Å². The van der Waals surface area contributed by atoms with E-state index in [2.05, 4.69) is 105 Å².